The number of carbonyl (C=O) groups excluding carboxylic acids is 2. The van der Waals surface area contributed by atoms with Gasteiger partial charge >= 0.3 is 0 Å². The summed E-state index contributed by atoms with van der Waals surface area (Å²) in [4.78, 5) is 32.3. The van der Waals surface area contributed by atoms with Gasteiger partial charge < -0.3 is 25.4 Å². The van der Waals surface area contributed by atoms with E-state index in [2.05, 4.69) is 25.6 Å². The number of allylic oxidation sites excluding steroid dienone is 2. The number of nitrogens with one attached hydrogen (secondary N) is 1. The van der Waals surface area contributed by atoms with Gasteiger partial charge in [-0.3, -0.25) is 9.59 Å². The molecule has 2 saturated heterocycles. The zero-order chi connectivity index (χ0) is 25.2. The normalized spacial score (nSPS) is 21.4. The minimum absolute atomic E-state index is 0.0548. The van der Waals surface area contributed by atoms with Gasteiger partial charge in [0, 0.05) is 41.7 Å². The van der Waals surface area contributed by atoms with Gasteiger partial charge in [0.2, 0.25) is 5.91 Å². The smallest absolute Gasteiger partial charge is 0.256 e. The summed E-state index contributed by atoms with van der Waals surface area (Å²) in [6.07, 6.45) is 7.45. The summed E-state index contributed by atoms with van der Waals surface area (Å²) in [5.41, 5.74) is 8.10. The standard InChI is InChI=1S/C25H34ClN4O4P/c1-3-25(24(32)29-11-16-13-33-16)7-9-30(10-8-25)23(31)17-12-28-22(27)20(21(17)35)34-14-18-15(2)5-4-6-19(18)26/h5,12,16H,3-4,6-11,13-14,35H2,1-2H3,(H2,27,28)(H,29,32). The fraction of sp³-hybridized carbons (Fsp3) is 0.560. The van der Waals surface area contributed by atoms with Crippen LogP contribution in [0.3, 0.4) is 0 Å². The van der Waals surface area contributed by atoms with Crippen LogP contribution in [0.2, 0.25) is 0 Å². The lowest BCUT2D eigenvalue weighted by Gasteiger charge is -2.40. The van der Waals surface area contributed by atoms with E-state index in [-0.39, 0.29) is 30.3 Å². The van der Waals surface area contributed by atoms with E-state index in [1.54, 1.807) is 4.90 Å². The molecule has 8 nitrogen and oxygen atoms in total. The lowest BCUT2D eigenvalue weighted by Crippen LogP contribution is -2.50. The second-order valence-electron chi connectivity index (χ2n) is 9.49. The number of hydrogen-bond acceptors (Lipinski definition) is 6. The third-order valence-electron chi connectivity index (χ3n) is 7.37. The van der Waals surface area contributed by atoms with Crippen LogP contribution in [-0.2, 0) is 9.53 Å². The van der Waals surface area contributed by atoms with Gasteiger partial charge in [-0.2, -0.15) is 0 Å². The van der Waals surface area contributed by atoms with Crippen LogP contribution >= 0.6 is 20.8 Å². The first-order valence-corrected chi connectivity index (χ1v) is 13.1. The topological polar surface area (TPSA) is 110 Å². The molecular weight excluding hydrogens is 487 g/mol. The van der Waals surface area contributed by atoms with E-state index < -0.39 is 5.41 Å². The number of carbonyl (C=O) groups is 2. The second-order valence-corrected chi connectivity index (χ2v) is 10.5. The third-order valence-corrected chi connectivity index (χ3v) is 8.36. The van der Waals surface area contributed by atoms with E-state index in [4.69, 9.17) is 26.8 Å². The number of aromatic nitrogens is 1. The number of halogens is 1. The van der Waals surface area contributed by atoms with E-state index in [1.807, 2.05) is 13.8 Å². The molecule has 2 fully saturated rings. The molecule has 0 saturated carbocycles. The van der Waals surface area contributed by atoms with E-state index >= 15 is 0 Å². The summed E-state index contributed by atoms with van der Waals surface area (Å²) in [5, 5.41) is 4.39. The molecule has 2 unspecified atom stereocenters. The molecule has 0 aromatic carbocycles. The van der Waals surface area contributed by atoms with Crippen LogP contribution < -0.4 is 21.1 Å². The molecular formula is C25H34ClN4O4P. The molecule has 3 aliphatic rings. The summed E-state index contributed by atoms with van der Waals surface area (Å²) >= 11 is 6.41. The van der Waals surface area contributed by atoms with Gasteiger partial charge in [-0.05, 0) is 44.6 Å². The maximum atomic E-state index is 13.4. The Morgan fingerprint density at radius 2 is 2.11 bits per heavy atom. The Balaban J connectivity index is 1.43. The molecule has 190 valence electrons. The lowest BCUT2D eigenvalue weighted by molar-refractivity contribution is -0.134. The number of amides is 2. The number of piperidine rings is 1. The van der Waals surface area contributed by atoms with E-state index in [1.165, 1.54) is 6.20 Å². The Morgan fingerprint density at radius 1 is 1.40 bits per heavy atom. The molecule has 35 heavy (non-hydrogen) atoms. The number of nitrogens with zero attached hydrogens (tertiary/aromatic N) is 2. The molecule has 3 heterocycles. The Kier molecular flexibility index (Phi) is 8.04. The number of anilines is 1. The average molecular weight is 521 g/mol. The van der Waals surface area contributed by atoms with Gasteiger partial charge in [-0.15, -0.1) is 9.24 Å². The van der Waals surface area contributed by atoms with Crippen molar-refractivity contribution >= 4 is 43.8 Å². The number of pyridine rings is 1. The maximum Gasteiger partial charge on any atom is 0.256 e. The Bertz CT molecular complexity index is 1060. The highest BCUT2D eigenvalue weighted by Gasteiger charge is 2.41. The first kappa shape index (κ1) is 25.9. The summed E-state index contributed by atoms with van der Waals surface area (Å²) < 4.78 is 11.2. The highest BCUT2D eigenvalue weighted by Crippen LogP contribution is 2.36. The third kappa shape index (κ3) is 5.65. The van der Waals surface area contributed by atoms with Crippen LogP contribution in [0, 0.1) is 5.41 Å². The number of likely N-dealkylation sites (tertiary alicyclic amines) is 1. The first-order valence-electron chi connectivity index (χ1n) is 12.2. The van der Waals surface area contributed by atoms with E-state index in [9.17, 15) is 9.59 Å². The van der Waals surface area contributed by atoms with Gasteiger partial charge in [0.15, 0.2) is 11.6 Å². The number of nitrogen functional groups attached to an aromatic ring is 1. The number of hydrogen-bond donors (Lipinski definition) is 2. The predicted molar refractivity (Wildman–Crippen MR) is 140 cm³/mol. The molecule has 0 spiro atoms. The molecule has 2 atom stereocenters. The summed E-state index contributed by atoms with van der Waals surface area (Å²) in [6, 6.07) is 0. The molecule has 1 aromatic heterocycles. The average Bonchev–Trinajstić information content (AvgIpc) is 3.68. The lowest BCUT2D eigenvalue weighted by atomic mass is 9.75. The molecule has 3 N–H and O–H groups in total. The summed E-state index contributed by atoms with van der Waals surface area (Å²) in [6.45, 7) is 6.56. The van der Waals surface area contributed by atoms with Crippen molar-refractivity contribution in [2.24, 2.45) is 5.41 Å². The zero-order valence-corrected chi connectivity index (χ0v) is 22.3. The highest BCUT2D eigenvalue weighted by atomic mass is 35.5. The summed E-state index contributed by atoms with van der Waals surface area (Å²) in [7, 11) is 2.58. The molecule has 4 rings (SSSR count). The Hall–Kier alpha value is -2.15. The number of rotatable bonds is 8. The van der Waals surface area contributed by atoms with Gasteiger partial charge in [0.1, 0.15) is 6.61 Å². The largest absolute Gasteiger partial charge is 0.484 e. The van der Waals surface area contributed by atoms with Crippen molar-refractivity contribution in [1.82, 2.24) is 15.2 Å². The maximum absolute atomic E-state index is 13.4. The van der Waals surface area contributed by atoms with Crippen LogP contribution in [0.15, 0.2) is 28.5 Å². The van der Waals surface area contributed by atoms with Gasteiger partial charge in [0.05, 0.1) is 23.7 Å². The van der Waals surface area contributed by atoms with Crippen LogP contribution in [0.25, 0.3) is 0 Å². The van der Waals surface area contributed by atoms with E-state index in [0.717, 1.165) is 35.4 Å². The van der Waals surface area contributed by atoms with E-state index in [0.29, 0.717) is 55.7 Å². The molecule has 2 amide bonds. The molecule has 0 bridgehead atoms. The van der Waals surface area contributed by atoms with Gasteiger partial charge in [-0.25, -0.2) is 4.98 Å². The van der Waals surface area contributed by atoms with Crippen molar-refractivity contribution in [3.8, 4) is 5.75 Å². The van der Waals surface area contributed by atoms with Crippen LogP contribution in [0.5, 0.6) is 5.75 Å². The van der Waals surface area contributed by atoms with Crippen LogP contribution in [-0.4, -0.2) is 60.7 Å². The second kappa shape index (κ2) is 10.9. The fourth-order valence-corrected chi connectivity index (χ4v) is 5.46. The fourth-order valence-electron chi connectivity index (χ4n) is 4.71. The van der Waals surface area contributed by atoms with Crippen molar-refractivity contribution in [3.05, 3.63) is 34.0 Å². The van der Waals surface area contributed by atoms with Crippen LogP contribution in [0.4, 0.5) is 5.82 Å². The Morgan fingerprint density at radius 3 is 2.74 bits per heavy atom. The van der Waals surface area contributed by atoms with Crippen molar-refractivity contribution in [3.63, 3.8) is 0 Å². The number of epoxide rings is 1. The zero-order valence-electron chi connectivity index (χ0n) is 20.4. The van der Waals surface area contributed by atoms with Gasteiger partial charge in [0.25, 0.3) is 5.91 Å². The minimum Gasteiger partial charge on any atom is -0.484 e. The highest BCUT2D eigenvalue weighted by molar-refractivity contribution is 7.28. The number of nitrogens with two attached hydrogens (primary N) is 1. The molecule has 1 aliphatic carbocycles. The van der Waals surface area contributed by atoms with Crippen LogP contribution in [0.1, 0.15) is 56.3 Å². The monoisotopic (exact) mass is 520 g/mol. The predicted octanol–water partition coefficient (Wildman–Crippen LogP) is 2.92. The van der Waals surface area contributed by atoms with Crippen molar-refractivity contribution in [2.75, 3.05) is 38.6 Å². The Labute approximate surface area is 213 Å². The van der Waals surface area contributed by atoms with Crippen molar-refractivity contribution < 1.29 is 19.1 Å². The number of ether oxygens (including phenoxy) is 2. The molecule has 2 aliphatic heterocycles. The van der Waals surface area contributed by atoms with Gasteiger partial charge in [-0.1, -0.05) is 24.6 Å². The quantitative estimate of drug-likeness (QED) is 0.403. The first-order chi connectivity index (χ1) is 16.8. The molecule has 10 heteroatoms. The SMILES string of the molecule is CCC1(C(=O)NCC2CO2)CCN(C(=O)c2cnc(N)c(OCC3=C(Cl)CCC=C3C)c2P)CC1. The summed E-state index contributed by atoms with van der Waals surface area (Å²) in [5.74, 6) is 0.507. The molecule has 1 aromatic rings. The van der Waals surface area contributed by atoms with Crippen molar-refractivity contribution in [2.45, 2.75) is 52.1 Å². The minimum atomic E-state index is -0.457. The molecule has 0 radical (unpaired) electrons. The van der Waals surface area contributed by atoms with Crippen molar-refractivity contribution in [1.29, 1.82) is 0 Å².